The van der Waals surface area contributed by atoms with Gasteiger partial charge in [-0.3, -0.25) is 14.9 Å². The van der Waals surface area contributed by atoms with Crippen molar-refractivity contribution >= 4 is 34.9 Å². The average molecular weight is 333 g/mol. The van der Waals surface area contributed by atoms with Gasteiger partial charge in [0.2, 0.25) is 5.95 Å². The lowest BCUT2D eigenvalue weighted by Gasteiger charge is -2.31. The van der Waals surface area contributed by atoms with E-state index in [1.54, 1.807) is 18.3 Å². The molecule has 3 rings (SSSR count). The minimum atomic E-state index is -0.372. The molecule has 0 aromatic carbocycles. The third-order valence-electron chi connectivity index (χ3n) is 4.06. The smallest absolute Gasteiger partial charge is 0.290 e. The van der Waals surface area contributed by atoms with Gasteiger partial charge >= 0.3 is 0 Å². The van der Waals surface area contributed by atoms with Crippen molar-refractivity contribution in [3.8, 4) is 0 Å². The van der Waals surface area contributed by atoms with Gasteiger partial charge in [-0.2, -0.15) is 0 Å². The van der Waals surface area contributed by atoms with Crippen molar-refractivity contribution in [2.75, 3.05) is 24.5 Å². The molecule has 3 heterocycles. The number of imide groups is 1. The molecule has 0 unspecified atom stereocenters. The van der Waals surface area contributed by atoms with Gasteiger partial charge in [-0.1, -0.05) is 0 Å². The molecule has 0 atom stereocenters. The lowest BCUT2D eigenvalue weighted by atomic mass is 9.94. The second kappa shape index (κ2) is 7.10. The average Bonchev–Trinajstić information content (AvgIpc) is 2.86. The van der Waals surface area contributed by atoms with Gasteiger partial charge < -0.3 is 10.6 Å². The van der Waals surface area contributed by atoms with Crippen LogP contribution in [0.25, 0.3) is 6.08 Å². The maximum absolute atomic E-state index is 11.6. The van der Waals surface area contributed by atoms with Gasteiger partial charge in [-0.15, -0.1) is 0 Å². The summed E-state index contributed by atoms with van der Waals surface area (Å²) < 4.78 is 0. The number of piperidine rings is 1. The normalized spacial score (nSPS) is 21.1. The van der Waals surface area contributed by atoms with E-state index in [-0.39, 0.29) is 11.1 Å². The Kier molecular flexibility index (Phi) is 4.92. The molecule has 122 valence electrons. The first-order valence-electron chi connectivity index (χ1n) is 7.68. The molecule has 0 bridgehead atoms. The number of hydrogen-bond acceptors (Lipinski definition) is 7. The first kappa shape index (κ1) is 15.9. The standard InChI is InChI=1S/C15H19N5O2S/c16-5-1-10-3-7-20(8-4-10)14-17-6-2-11(18-14)9-12-13(21)19-15(22)23-12/h2,6,9-10H,1,3-5,7-8,16H2,(H,19,21,22). The molecule has 3 N–H and O–H groups in total. The van der Waals surface area contributed by atoms with Crippen molar-refractivity contribution in [3.05, 3.63) is 22.9 Å². The summed E-state index contributed by atoms with van der Waals surface area (Å²) >= 11 is 0.891. The summed E-state index contributed by atoms with van der Waals surface area (Å²) in [6.07, 6.45) is 6.57. The van der Waals surface area contributed by atoms with E-state index < -0.39 is 0 Å². The number of hydrogen-bond donors (Lipinski definition) is 2. The molecule has 0 aliphatic carbocycles. The highest BCUT2D eigenvalue weighted by Gasteiger charge is 2.25. The number of rotatable bonds is 4. The Labute approximate surface area is 138 Å². The number of carbonyl (C=O) groups is 2. The summed E-state index contributed by atoms with van der Waals surface area (Å²) in [6, 6.07) is 1.73. The van der Waals surface area contributed by atoms with E-state index in [2.05, 4.69) is 20.2 Å². The summed E-state index contributed by atoms with van der Waals surface area (Å²) in [4.78, 5) is 34.1. The van der Waals surface area contributed by atoms with Crippen molar-refractivity contribution in [3.63, 3.8) is 0 Å². The molecule has 2 aliphatic heterocycles. The van der Waals surface area contributed by atoms with E-state index in [9.17, 15) is 9.59 Å². The monoisotopic (exact) mass is 333 g/mol. The zero-order chi connectivity index (χ0) is 16.2. The van der Waals surface area contributed by atoms with E-state index in [1.165, 1.54) is 0 Å². The molecule has 0 spiro atoms. The lowest BCUT2D eigenvalue weighted by Crippen LogP contribution is -2.35. The predicted octanol–water partition coefficient (Wildman–Crippen LogP) is 1.37. The minimum absolute atomic E-state index is 0.350. The van der Waals surface area contributed by atoms with Gasteiger partial charge in [0.25, 0.3) is 11.1 Å². The molecule has 0 saturated carbocycles. The molecule has 23 heavy (non-hydrogen) atoms. The first-order chi connectivity index (χ1) is 11.2. The van der Waals surface area contributed by atoms with Crippen molar-refractivity contribution in [1.29, 1.82) is 0 Å². The second-order valence-electron chi connectivity index (χ2n) is 5.64. The van der Waals surface area contributed by atoms with E-state index in [0.717, 1.165) is 50.7 Å². The molecule has 2 fully saturated rings. The molecule has 0 radical (unpaired) electrons. The van der Waals surface area contributed by atoms with E-state index in [1.807, 2.05) is 0 Å². The highest BCUT2D eigenvalue weighted by Crippen LogP contribution is 2.26. The van der Waals surface area contributed by atoms with E-state index in [4.69, 9.17) is 5.73 Å². The molecular formula is C15H19N5O2S. The zero-order valence-electron chi connectivity index (χ0n) is 12.7. The van der Waals surface area contributed by atoms with Gasteiger partial charge in [0.1, 0.15) is 0 Å². The zero-order valence-corrected chi connectivity index (χ0v) is 13.5. The summed E-state index contributed by atoms with van der Waals surface area (Å²) in [7, 11) is 0. The minimum Gasteiger partial charge on any atom is -0.341 e. The van der Waals surface area contributed by atoms with Crippen LogP contribution in [0.4, 0.5) is 10.7 Å². The fourth-order valence-corrected chi connectivity index (χ4v) is 3.47. The SMILES string of the molecule is NCCC1CCN(c2nccc(C=C3SC(=O)NC3=O)n2)CC1. The van der Waals surface area contributed by atoms with Crippen LogP contribution in [0.1, 0.15) is 25.0 Å². The number of aromatic nitrogens is 2. The van der Waals surface area contributed by atoms with Crippen molar-refractivity contribution in [1.82, 2.24) is 15.3 Å². The van der Waals surface area contributed by atoms with Crippen LogP contribution in [-0.2, 0) is 4.79 Å². The van der Waals surface area contributed by atoms with Gasteiger partial charge in [0.05, 0.1) is 10.6 Å². The number of nitrogens with one attached hydrogen (secondary N) is 1. The third-order valence-corrected chi connectivity index (χ3v) is 4.87. The largest absolute Gasteiger partial charge is 0.341 e. The summed E-state index contributed by atoms with van der Waals surface area (Å²) in [6.45, 7) is 2.57. The van der Waals surface area contributed by atoms with Gasteiger partial charge in [0.15, 0.2) is 0 Å². The van der Waals surface area contributed by atoms with E-state index in [0.29, 0.717) is 22.5 Å². The van der Waals surface area contributed by atoms with Gasteiger partial charge in [0, 0.05) is 19.3 Å². The molecule has 1 aromatic heterocycles. The van der Waals surface area contributed by atoms with Crippen LogP contribution >= 0.6 is 11.8 Å². The lowest BCUT2D eigenvalue weighted by molar-refractivity contribution is -0.115. The van der Waals surface area contributed by atoms with Crippen molar-refractivity contribution in [2.24, 2.45) is 11.7 Å². The van der Waals surface area contributed by atoms with Crippen LogP contribution < -0.4 is 16.0 Å². The summed E-state index contributed by atoms with van der Waals surface area (Å²) in [5.41, 5.74) is 6.25. The third kappa shape index (κ3) is 3.89. The Hall–Kier alpha value is -1.93. The van der Waals surface area contributed by atoms with Crippen LogP contribution in [0.2, 0.25) is 0 Å². The Bertz CT molecular complexity index is 641. The Morgan fingerprint density at radius 3 is 2.83 bits per heavy atom. The van der Waals surface area contributed by atoms with Crippen LogP contribution in [0.3, 0.4) is 0 Å². The molecule has 2 aliphatic rings. The summed E-state index contributed by atoms with van der Waals surface area (Å²) in [5.74, 6) is 0.981. The number of nitrogens with two attached hydrogens (primary N) is 1. The fraction of sp³-hybridized carbons (Fsp3) is 0.467. The molecule has 7 nitrogen and oxygen atoms in total. The first-order valence-corrected chi connectivity index (χ1v) is 8.50. The van der Waals surface area contributed by atoms with Gasteiger partial charge in [-0.25, -0.2) is 9.97 Å². The number of carbonyl (C=O) groups excluding carboxylic acids is 2. The highest BCUT2D eigenvalue weighted by molar-refractivity contribution is 8.18. The number of anilines is 1. The van der Waals surface area contributed by atoms with Crippen molar-refractivity contribution < 1.29 is 9.59 Å². The molecular weight excluding hydrogens is 314 g/mol. The highest BCUT2D eigenvalue weighted by atomic mass is 32.2. The maximum Gasteiger partial charge on any atom is 0.290 e. The number of thioether (sulfide) groups is 1. The predicted molar refractivity (Wildman–Crippen MR) is 89.7 cm³/mol. The maximum atomic E-state index is 11.6. The Morgan fingerprint density at radius 1 is 1.39 bits per heavy atom. The Balaban J connectivity index is 1.70. The molecule has 2 saturated heterocycles. The Morgan fingerprint density at radius 2 is 2.17 bits per heavy atom. The quantitative estimate of drug-likeness (QED) is 0.802. The molecule has 1 aromatic rings. The second-order valence-corrected chi connectivity index (χ2v) is 6.66. The molecule has 2 amide bonds. The topological polar surface area (TPSA) is 101 Å². The van der Waals surface area contributed by atoms with E-state index >= 15 is 0 Å². The molecule has 8 heteroatoms. The van der Waals surface area contributed by atoms with Crippen molar-refractivity contribution in [2.45, 2.75) is 19.3 Å². The fourth-order valence-electron chi connectivity index (χ4n) is 2.81. The van der Waals surface area contributed by atoms with Crippen LogP contribution in [0, 0.1) is 5.92 Å². The van der Waals surface area contributed by atoms with Crippen LogP contribution in [0.5, 0.6) is 0 Å². The van der Waals surface area contributed by atoms with Crippen LogP contribution in [-0.4, -0.2) is 40.7 Å². The number of amides is 2. The number of nitrogens with zero attached hydrogens (tertiary/aromatic N) is 3. The summed E-state index contributed by atoms with van der Waals surface area (Å²) in [5, 5.41) is 1.89. The van der Waals surface area contributed by atoms with Crippen LogP contribution in [0.15, 0.2) is 17.2 Å². The van der Waals surface area contributed by atoms with Gasteiger partial charge in [-0.05, 0) is 55.6 Å².